The minimum Gasteiger partial charge on any atom is -0.497 e. The molecule has 0 radical (unpaired) electrons. The van der Waals surface area contributed by atoms with E-state index in [4.69, 9.17) is 9.84 Å². The predicted molar refractivity (Wildman–Crippen MR) is 53.2 cm³/mol. The Bertz CT molecular complexity index is 244. The first-order chi connectivity index (χ1) is 6.22. The van der Waals surface area contributed by atoms with Crippen LogP contribution in [0.15, 0.2) is 24.3 Å². The number of hydrogen-bond acceptors (Lipinski definition) is 3. The van der Waals surface area contributed by atoms with Gasteiger partial charge in [0.2, 0.25) is 0 Å². The van der Waals surface area contributed by atoms with Crippen molar-refractivity contribution in [2.75, 3.05) is 19.0 Å². The molecule has 0 saturated heterocycles. The first-order valence-corrected chi connectivity index (χ1v) is 4.28. The highest BCUT2D eigenvalue weighted by atomic mass is 16.5. The van der Waals surface area contributed by atoms with Crippen LogP contribution in [0.5, 0.6) is 5.75 Å². The zero-order chi connectivity index (χ0) is 9.68. The molecule has 0 fully saturated rings. The summed E-state index contributed by atoms with van der Waals surface area (Å²) in [7, 11) is 1.64. The van der Waals surface area contributed by atoms with Crippen molar-refractivity contribution >= 4 is 5.69 Å². The molecule has 0 heterocycles. The summed E-state index contributed by atoms with van der Waals surface area (Å²) >= 11 is 0. The summed E-state index contributed by atoms with van der Waals surface area (Å²) in [5, 5.41) is 12.1. The van der Waals surface area contributed by atoms with Gasteiger partial charge in [-0.2, -0.15) is 0 Å². The Morgan fingerprint density at radius 2 is 2.00 bits per heavy atom. The molecule has 0 unspecified atom stereocenters. The van der Waals surface area contributed by atoms with Gasteiger partial charge in [0.1, 0.15) is 5.75 Å². The average Bonchev–Trinajstić information content (AvgIpc) is 2.15. The summed E-state index contributed by atoms with van der Waals surface area (Å²) in [6.45, 7) is 2.31. The summed E-state index contributed by atoms with van der Waals surface area (Å²) in [6, 6.07) is 7.59. The van der Waals surface area contributed by atoms with Crippen LogP contribution in [-0.2, 0) is 0 Å². The number of hydrogen-bond donors (Lipinski definition) is 2. The molecule has 0 aliphatic heterocycles. The average molecular weight is 181 g/mol. The van der Waals surface area contributed by atoms with Gasteiger partial charge < -0.3 is 15.2 Å². The Kier molecular flexibility index (Phi) is 3.58. The van der Waals surface area contributed by atoms with Gasteiger partial charge in [-0.3, -0.25) is 0 Å². The fourth-order valence-corrected chi connectivity index (χ4v) is 0.974. The van der Waals surface area contributed by atoms with Crippen molar-refractivity contribution in [1.29, 1.82) is 0 Å². The van der Waals surface area contributed by atoms with Crippen LogP contribution in [-0.4, -0.2) is 24.9 Å². The number of ether oxygens (including phenoxy) is 1. The molecule has 1 atom stereocenters. The van der Waals surface area contributed by atoms with Crippen LogP contribution in [0, 0.1) is 0 Å². The quantitative estimate of drug-likeness (QED) is 0.739. The molecular weight excluding hydrogens is 166 g/mol. The van der Waals surface area contributed by atoms with Gasteiger partial charge >= 0.3 is 0 Å². The van der Waals surface area contributed by atoms with Crippen LogP contribution in [0.25, 0.3) is 0 Å². The number of aliphatic hydroxyl groups is 1. The minimum atomic E-state index is -0.331. The van der Waals surface area contributed by atoms with Gasteiger partial charge in [-0.15, -0.1) is 0 Å². The molecule has 0 amide bonds. The van der Waals surface area contributed by atoms with Gasteiger partial charge in [0.05, 0.1) is 13.2 Å². The van der Waals surface area contributed by atoms with Gasteiger partial charge in [-0.25, -0.2) is 0 Å². The maximum atomic E-state index is 9.03. The van der Waals surface area contributed by atoms with Crippen molar-refractivity contribution in [3.05, 3.63) is 24.3 Å². The topological polar surface area (TPSA) is 41.5 Å². The molecule has 72 valence electrons. The van der Waals surface area contributed by atoms with E-state index < -0.39 is 0 Å². The number of anilines is 1. The van der Waals surface area contributed by atoms with E-state index in [1.807, 2.05) is 24.3 Å². The molecule has 2 N–H and O–H groups in total. The second-order valence-electron chi connectivity index (χ2n) is 2.96. The van der Waals surface area contributed by atoms with Crippen LogP contribution >= 0.6 is 0 Å². The standard InChI is InChI=1S/C10H15NO2/c1-8(12)7-11-9-3-5-10(13-2)6-4-9/h3-6,8,11-12H,7H2,1-2H3/t8-/m1/s1. The SMILES string of the molecule is COc1ccc(NC[C@@H](C)O)cc1. The van der Waals surface area contributed by atoms with Crippen molar-refractivity contribution in [3.63, 3.8) is 0 Å². The summed E-state index contributed by atoms with van der Waals surface area (Å²) < 4.78 is 5.02. The Morgan fingerprint density at radius 3 is 2.46 bits per heavy atom. The summed E-state index contributed by atoms with van der Waals surface area (Å²) in [6.07, 6.45) is -0.331. The number of rotatable bonds is 4. The van der Waals surface area contributed by atoms with E-state index >= 15 is 0 Å². The number of benzene rings is 1. The second-order valence-corrected chi connectivity index (χ2v) is 2.96. The van der Waals surface area contributed by atoms with Crippen molar-refractivity contribution in [1.82, 2.24) is 0 Å². The van der Waals surface area contributed by atoms with Crippen LogP contribution in [0.3, 0.4) is 0 Å². The first kappa shape index (κ1) is 9.86. The zero-order valence-electron chi connectivity index (χ0n) is 7.95. The Labute approximate surface area is 78.3 Å². The van der Waals surface area contributed by atoms with E-state index in [0.29, 0.717) is 6.54 Å². The Balaban J connectivity index is 2.49. The number of nitrogens with one attached hydrogen (secondary N) is 1. The molecule has 1 aromatic rings. The van der Waals surface area contributed by atoms with Crippen molar-refractivity contribution < 1.29 is 9.84 Å². The highest BCUT2D eigenvalue weighted by Crippen LogP contribution is 2.14. The first-order valence-electron chi connectivity index (χ1n) is 4.28. The molecule has 0 spiro atoms. The highest BCUT2D eigenvalue weighted by molar-refractivity contribution is 5.46. The zero-order valence-corrected chi connectivity index (χ0v) is 7.95. The Hall–Kier alpha value is -1.22. The third-order valence-corrected chi connectivity index (χ3v) is 1.69. The normalized spacial score (nSPS) is 12.2. The lowest BCUT2D eigenvalue weighted by molar-refractivity contribution is 0.208. The number of aliphatic hydroxyl groups excluding tert-OH is 1. The molecule has 13 heavy (non-hydrogen) atoms. The van der Waals surface area contributed by atoms with E-state index in [2.05, 4.69) is 5.32 Å². The van der Waals surface area contributed by atoms with E-state index in [-0.39, 0.29) is 6.10 Å². The fraction of sp³-hybridized carbons (Fsp3) is 0.400. The summed E-state index contributed by atoms with van der Waals surface area (Å²) in [4.78, 5) is 0. The Morgan fingerprint density at radius 1 is 1.38 bits per heavy atom. The third kappa shape index (κ3) is 3.34. The molecule has 0 bridgehead atoms. The van der Waals surface area contributed by atoms with Gasteiger partial charge in [0, 0.05) is 12.2 Å². The van der Waals surface area contributed by atoms with Crippen molar-refractivity contribution in [2.24, 2.45) is 0 Å². The minimum absolute atomic E-state index is 0.331. The lowest BCUT2D eigenvalue weighted by Crippen LogP contribution is -2.15. The van der Waals surface area contributed by atoms with E-state index in [9.17, 15) is 0 Å². The molecule has 0 aliphatic carbocycles. The molecule has 3 nitrogen and oxygen atoms in total. The maximum Gasteiger partial charge on any atom is 0.119 e. The lowest BCUT2D eigenvalue weighted by atomic mass is 10.3. The molecule has 0 saturated carbocycles. The monoisotopic (exact) mass is 181 g/mol. The van der Waals surface area contributed by atoms with Crippen LogP contribution in [0.4, 0.5) is 5.69 Å². The van der Waals surface area contributed by atoms with Gasteiger partial charge in [0.25, 0.3) is 0 Å². The third-order valence-electron chi connectivity index (χ3n) is 1.69. The summed E-state index contributed by atoms with van der Waals surface area (Å²) in [5.74, 6) is 0.836. The van der Waals surface area contributed by atoms with Gasteiger partial charge in [-0.05, 0) is 31.2 Å². The van der Waals surface area contributed by atoms with E-state index in [1.54, 1.807) is 14.0 Å². The largest absolute Gasteiger partial charge is 0.497 e. The van der Waals surface area contributed by atoms with Crippen LogP contribution in [0.1, 0.15) is 6.92 Å². The lowest BCUT2D eigenvalue weighted by Gasteiger charge is -2.08. The second kappa shape index (κ2) is 4.72. The molecule has 3 heteroatoms. The smallest absolute Gasteiger partial charge is 0.119 e. The van der Waals surface area contributed by atoms with Crippen molar-refractivity contribution in [2.45, 2.75) is 13.0 Å². The summed E-state index contributed by atoms with van der Waals surface area (Å²) in [5.41, 5.74) is 0.988. The maximum absolute atomic E-state index is 9.03. The highest BCUT2D eigenvalue weighted by Gasteiger charge is 1.96. The van der Waals surface area contributed by atoms with Crippen molar-refractivity contribution in [3.8, 4) is 5.75 Å². The van der Waals surface area contributed by atoms with Crippen LogP contribution < -0.4 is 10.1 Å². The fourth-order valence-electron chi connectivity index (χ4n) is 0.974. The molecule has 1 rings (SSSR count). The predicted octanol–water partition coefficient (Wildman–Crippen LogP) is 1.49. The number of methoxy groups -OCH3 is 1. The van der Waals surface area contributed by atoms with Crippen LogP contribution in [0.2, 0.25) is 0 Å². The van der Waals surface area contributed by atoms with Gasteiger partial charge in [-0.1, -0.05) is 0 Å². The van der Waals surface area contributed by atoms with E-state index in [1.165, 1.54) is 0 Å². The van der Waals surface area contributed by atoms with Gasteiger partial charge in [0.15, 0.2) is 0 Å². The molecule has 1 aromatic carbocycles. The molecular formula is C10H15NO2. The molecule has 0 aliphatic rings. The molecule has 0 aromatic heterocycles. The van der Waals surface area contributed by atoms with E-state index in [0.717, 1.165) is 11.4 Å².